The molecule has 78 valence electrons. The van der Waals surface area contributed by atoms with Gasteiger partial charge in [0.15, 0.2) is 0 Å². The van der Waals surface area contributed by atoms with Crippen LogP contribution in [0.15, 0.2) is 28.3 Å². The third kappa shape index (κ3) is 2.42. The highest BCUT2D eigenvalue weighted by Gasteiger charge is 2.12. The van der Waals surface area contributed by atoms with Gasteiger partial charge in [-0.15, -0.1) is 11.3 Å². The van der Waals surface area contributed by atoms with Crippen molar-refractivity contribution in [3.05, 3.63) is 44.6 Å². The quantitative estimate of drug-likeness (QED) is 0.922. The Bertz CT molecular complexity index is 469. The minimum absolute atomic E-state index is 0.186. The summed E-state index contributed by atoms with van der Waals surface area (Å²) < 4.78 is 0.934. The van der Waals surface area contributed by atoms with Gasteiger partial charge in [0.1, 0.15) is 5.01 Å². The van der Waals surface area contributed by atoms with Crippen LogP contribution in [0.1, 0.15) is 22.3 Å². The lowest BCUT2D eigenvalue weighted by molar-refractivity contribution is 0.844. The van der Waals surface area contributed by atoms with Crippen molar-refractivity contribution in [3.63, 3.8) is 0 Å². The summed E-state index contributed by atoms with van der Waals surface area (Å²) in [5, 5.41) is 2.92. The van der Waals surface area contributed by atoms with E-state index in [1.165, 1.54) is 0 Å². The van der Waals surface area contributed by atoms with Gasteiger partial charge in [0.25, 0.3) is 0 Å². The molecule has 1 unspecified atom stereocenters. The molecule has 0 aromatic carbocycles. The molecular formula is C10H10BrN3S. The molecule has 3 nitrogen and oxygen atoms in total. The summed E-state index contributed by atoms with van der Waals surface area (Å²) in [6.07, 6.45) is 3.51. The molecule has 2 N–H and O–H groups in total. The minimum Gasteiger partial charge on any atom is -0.318 e. The summed E-state index contributed by atoms with van der Waals surface area (Å²) in [5.41, 5.74) is 8.06. The number of thiazole rings is 1. The van der Waals surface area contributed by atoms with Crippen LogP contribution >= 0.6 is 27.3 Å². The van der Waals surface area contributed by atoms with Gasteiger partial charge < -0.3 is 5.73 Å². The van der Waals surface area contributed by atoms with Crippen LogP contribution in [0.4, 0.5) is 0 Å². The lowest BCUT2D eigenvalue weighted by Gasteiger charge is -2.08. The Kier molecular flexibility index (Phi) is 3.14. The molecule has 0 aliphatic carbocycles. The van der Waals surface area contributed by atoms with E-state index in [0.717, 1.165) is 20.7 Å². The van der Waals surface area contributed by atoms with E-state index in [0.29, 0.717) is 0 Å². The monoisotopic (exact) mass is 283 g/mol. The maximum Gasteiger partial charge on any atom is 0.114 e. The van der Waals surface area contributed by atoms with Crippen LogP contribution in [0.3, 0.4) is 0 Å². The zero-order chi connectivity index (χ0) is 10.8. The maximum absolute atomic E-state index is 6.09. The van der Waals surface area contributed by atoms with E-state index in [1.807, 2.05) is 18.4 Å². The van der Waals surface area contributed by atoms with E-state index in [-0.39, 0.29) is 6.04 Å². The zero-order valence-electron chi connectivity index (χ0n) is 8.14. The van der Waals surface area contributed by atoms with Crippen molar-refractivity contribution < 1.29 is 0 Å². The minimum atomic E-state index is -0.186. The highest BCUT2D eigenvalue weighted by Crippen LogP contribution is 2.23. The number of aromatic nitrogens is 2. The molecule has 2 rings (SSSR count). The van der Waals surface area contributed by atoms with Gasteiger partial charge >= 0.3 is 0 Å². The highest BCUT2D eigenvalue weighted by atomic mass is 79.9. The van der Waals surface area contributed by atoms with E-state index < -0.39 is 0 Å². The van der Waals surface area contributed by atoms with Gasteiger partial charge in [-0.3, -0.25) is 4.98 Å². The second-order valence-corrected chi connectivity index (χ2v) is 5.05. The number of pyridine rings is 1. The largest absolute Gasteiger partial charge is 0.318 e. The highest BCUT2D eigenvalue weighted by molar-refractivity contribution is 9.10. The summed E-state index contributed by atoms with van der Waals surface area (Å²) in [5.74, 6) is 0. The van der Waals surface area contributed by atoms with Crippen LogP contribution in [0.2, 0.25) is 0 Å². The summed E-state index contributed by atoms with van der Waals surface area (Å²) in [6.45, 7) is 1.96. The first kappa shape index (κ1) is 10.7. The van der Waals surface area contributed by atoms with Gasteiger partial charge in [-0.25, -0.2) is 4.98 Å². The van der Waals surface area contributed by atoms with Gasteiger partial charge in [0.2, 0.25) is 0 Å². The number of hydrogen-bond donors (Lipinski definition) is 1. The standard InChI is InChI=1S/C10H10BrN3S/c1-6-5-15-10(14-6)9(12)7-2-8(11)4-13-3-7/h2-5,9H,12H2,1H3. The van der Waals surface area contributed by atoms with Crippen LogP contribution in [-0.2, 0) is 0 Å². The Morgan fingerprint density at radius 2 is 2.27 bits per heavy atom. The van der Waals surface area contributed by atoms with E-state index in [9.17, 15) is 0 Å². The molecule has 0 bridgehead atoms. The van der Waals surface area contributed by atoms with Crippen molar-refractivity contribution in [3.8, 4) is 0 Å². The molecule has 5 heteroatoms. The molecule has 0 aliphatic rings. The third-order valence-electron chi connectivity index (χ3n) is 1.99. The Morgan fingerprint density at radius 3 is 2.87 bits per heavy atom. The lowest BCUT2D eigenvalue weighted by atomic mass is 10.1. The van der Waals surface area contributed by atoms with Gasteiger partial charge in [0.05, 0.1) is 6.04 Å². The predicted octanol–water partition coefficient (Wildman–Crippen LogP) is 2.66. The van der Waals surface area contributed by atoms with Gasteiger partial charge in [-0.2, -0.15) is 0 Å². The number of rotatable bonds is 2. The molecule has 2 aromatic heterocycles. The zero-order valence-corrected chi connectivity index (χ0v) is 10.5. The number of halogens is 1. The molecule has 0 amide bonds. The van der Waals surface area contributed by atoms with Crippen molar-refractivity contribution in [2.75, 3.05) is 0 Å². The molecule has 15 heavy (non-hydrogen) atoms. The smallest absolute Gasteiger partial charge is 0.114 e. The normalized spacial score (nSPS) is 12.7. The Morgan fingerprint density at radius 1 is 1.47 bits per heavy atom. The van der Waals surface area contributed by atoms with Crippen molar-refractivity contribution in [2.24, 2.45) is 5.73 Å². The number of aryl methyl sites for hydroxylation is 1. The Balaban J connectivity index is 2.32. The molecule has 0 saturated carbocycles. The first-order valence-corrected chi connectivity index (χ1v) is 6.12. The topological polar surface area (TPSA) is 51.8 Å². The maximum atomic E-state index is 6.09. The number of nitrogens with zero attached hydrogens (tertiary/aromatic N) is 2. The predicted molar refractivity (Wildman–Crippen MR) is 64.8 cm³/mol. The molecule has 0 spiro atoms. The lowest BCUT2D eigenvalue weighted by Crippen LogP contribution is -2.11. The average molecular weight is 284 g/mol. The SMILES string of the molecule is Cc1csc(C(N)c2cncc(Br)c2)n1. The average Bonchev–Trinajstić information content (AvgIpc) is 2.64. The van der Waals surface area contributed by atoms with Crippen molar-refractivity contribution in [1.82, 2.24) is 9.97 Å². The van der Waals surface area contributed by atoms with Crippen molar-refractivity contribution in [1.29, 1.82) is 0 Å². The van der Waals surface area contributed by atoms with E-state index in [2.05, 4.69) is 25.9 Å². The number of nitrogens with two attached hydrogens (primary N) is 1. The van der Waals surface area contributed by atoms with Gasteiger partial charge in [-0.1, -0.05) is 0 Å². The van der Waals surface area contributed by atoms with Crippen molar-refractivity contribution >= 4 is 27.3 Å². The van der Waals surface area contributed by atoms with E-state index in [4.69, 9.17) is 5.73 Å². The first-order chi connectivity index (χ1) is 7.16. The second kappa shape index (κ2) is 4.38. The Labute approximate surface area is 101 Å². The number of hydrogen-bond acceptors (Lipinski definition) is 4. The molecule has 0 saturated heterocycles. The molecule has 0 aliphatic heterocycles. The van der Waals surface area contributed by atoms with Gasteiger partial charge in [-0.05, 0) is 34.5 Å². The molecule has 0 fully saturated rings. The van der Waals surface area contributed by atoms with Crippen LogP contribution in [0.5, 0.6) is 0 Å². The fraction of sp³-hybridized carbons (Fsp3) is 0.200. The summed E-state index contributed by atoms with van der Waals surface area (Å²) in [7, 11) is 0. The van der Waals surface area contributed by atoms with Crippen LogP contribution in [0, 0.1) is 6.92 Å². The fourth-order valence-electron chi connectivity index (χ4n) is 1.26. The summed E-state index contributed by atoms with van der Waals surface area (Å²) >= 11 is 4.95. The van der Waals surface area contributed by atoms with E-state index in [1.54, 1.807) is 23.7 Å². The van der Waals surface area contributed by atoms with Crippen LogP contribution in [-0.4, -0.2) is 9.97 Å². The molecular weight excluding hydrogens is 274 g/mol. The molecule has 1 atom stereocenters. The second-order valence-electron chi connectivity index (χ2n) is 3.24. The Hall–Kier alpha value is -0.780. The third-order valence-corrected chi connectivity index (χ3v) is 3.47. The molecule has 0 radical (unpaired) electrons. The van der Waals surface area contributed by atoms with E-state index >= 15 is 0 Å². The fourth-order valence-corrected chi connectivity index (χ4v) is 2.46. The summed E-state index contributed by atoms with van der Waals surface area (Å²) in [4.78, 5) is 8.45. The molecule has 2 aromatic rings. The van der Waals surface area contributed by atoms with Gasteiger partial charge in [0, 0.05) is 27.9 Å². The van der Waals surface area contributed by atoms with Crippen LogP contribution < -0.4 is 5.73 Å². The van der Waals surface area contributed by atoms with Crippen molar-refractivity contribution in [2.45, 2.75) is 13.0 Å². The van der Waals surface area contributed by atoms with Crippen LogP contribution in [0.25, 0.3) is 0 Å². The summed E-state index contributed by atoms with van der Waals surface area (Å²) in [6, 6.07) is 1.78. The molecule has 2 heterocycles. The first-order valence-electron chi connectivity index (χ1n) is 4.45.